The molecule has 160 valence electrons. The van der Waals surface area contributed by atoms with Gasteiger partial charge in [0, 0.05) is 10.0 Å². The molecule has 1 amide bonds. The molecule has 0 aromatic heterocycles. The van der Waals surface area contributed by atoms with E-state index in [4.69, 9.17) is 37.4 Å². The van der Waals surface area contributed by atoms with Crippen LogP contribution in [-0.4, -0.2) is 25.8 Å². The van der Waals surface area contributed by atoms with E-state index in [0.29, 0.717) is 33.9 Å². The molecule has 0 heterocycles. The van der Waals surface area contributed by atoms with Crippen LogP contribution in [0.2, 0.25) is 10.0 Å². The summed E-state index contributed by atoms with van der Waals surface area (Å²) < 4.78 is 16.6. The van der Waals surface area contributed by atoms with Crippen LogP contribution in [0, 0.1) is 0 Å². The van der Waals surface area contributed by atoms with E-state index in [0.717, 1.165) is 11.1 Å². The molecule has 6 nitrogen and oxygen atoms in total. The Morgan fingerprint density at radius 3 is 2.52 bits per heavy atom. The van der Waals surface area contributed by atoms with E-state index >= 15 is 0 Å². The Bertz CT molecular complexity index is 1060. The maximum atomic E-state index is 11.9. The zero-order valence-electron chi connectivity index (χ0n) is 16.7. The molecule has 0 spiro atoms. The van der Waals surface area contributed by atoms with E-state index < -0.39 is 5.91 Å². The van der Waals surface area contributed by atoms with Crippen molar-refractivity contribution in [1.82, 2.24) is 5.43 Å². The van der Waals surface area contributed by atoms with Gasteiger partial charge in [0.15, 0.2) is 18.1 Å². The number of carbonyl (C=O) groups excluding carboxylic acids is 1. The van der Waals surface area contributed by atoms with Crippen LogP contribution >= 0.6 is 23.2 Å². The first-order chi connectivity index (χ1) is 15.0. The third-order valence-electron chi connectivity index (χ3n) is 4.06. The van der Waals surface area contributed by atoms with Crippen LogP contribution in [0.4, 0.5) is 0 Å². The second-order valence-electron chi connectivity index (χ2n) is 6.36. The van der Waals surface area contributed by atoms with Gasteiger partial charge in [0.1, 0.15) is 12.4 Å². The highest BCUT2D eigenvalue weighted by Gasteiger charge is 2.06. The lowest BCUT2D eigenvalue weighted by atomic mass is 10.2. The normalized spacial score (nSPS) is 10.7. The van der Waals surface area contributed by atoms with Crippen LogP contribution in [0.15, 0.2) is 71.8 Å². The zero-order chi connectivity index (χ0) is 22.1. The number of amides is 1. The van der Waals surface area contributed by atoms with Crippen LogP contribution < -0.4 is 19.6 Å². The first kappa shape index (κ1) is 22.5. The molecule has 3 aromatic rings. The second-order valence-corrected chi connectivity index (χ2v) is 7.24. The Kier molecular flexibility index (Phi) is 8.15. The van der Waals surface area contributed by atoms with Crippen LogP contribution in [0.1, 0.15) is 11.1 Å². The number of benzene rings is 3. The average Bonchev–Trinajstić information content (AvgIpc) is 2.78. The maximum Gasteiger partial charge on any atom is 0.277 e. The SMILES string of the molecule is COc1cc(/C=N\NC(=O)COc2cccc(Cl)c2)ccc1OCc1ccc(Cl)cc1. The number of carbonyl (C=O) groups is 1. The molecular formula is C23H20Cl2N2O4. The van der Waals surface area contributed by atoms with Gasteiger partial charge in [-0.25, -0.2) is 5.43 Å². The average molecular weight is 459 g/mol. The van der Waals surface area contributed by atoms with Crippen LogP contribution in [0.3, 0.4) is 0 Å². The lowest BCUT2D eigenvalue weighted by molar-refractivity contribution is -0.123. The highest BCUT2D eigenvalue weighted by Crippen LogP contribution is 2.28. The molecule has 0 aliphatic rings. The number of halogens is 2. The van der Waals surface area contributed by atoms with Crippen LogP contribution in [0.5, 0.6) is 17.2 Å². The summed E-state index contributed by atoms with van der Waals surface area (Å²) >= 11 is 11.8. The summed E-state index contributed by atoms with van der Waals surface area (Å²) in [5.74, 6) is 1.25. The van der Waals surface area contributed by atoms with Crippen LogP contribution in [0.25, 0.3) is 0 Å². The highest BCUT2D eigenvalue weighted by atomic mass is 35.5. The summed E-state index contributed by atoms with van der Waals surface area (Å²) in [5, 5.41) is 5.15. The number of ether oxygens (including phenoxy) is 3. The lowest BCUT2D eigenvalue weighted by Gasteiger charge is -2.11. The summed E-state index contributed by atoms with van der Waals surface area (Å²) in [6, 6.07) is 19.6. The summed E-state index contributed by atoms with van der Waals surface area (Å²) in [5.41, 5.74) is 4.12. The molecule has 0 aliphatic carbocycles. The molecular weight excluding hydrogens is 439 g/mol. The summed E-state index contributed by atoms with van der Waals surface area (Å²) in [4.78, 5) is 11.9. The monoisotopic (exact) mass is 458 g/mol. The Labute approximate surface area is 190 Å². The quantitative estimate of drug-likeness (QED) is 0.357. The molecule has 3 rings (SSSR count). The Morgan fingerprint density at radius 2 is 1.77 bits per heavy atom. The van der Waals surface area contributed by atoms with Crippen molar-refractivity contribution in [3.8, 4) is 17.2 Å². The molecule has 0 aliphatic heterocycles. The Balaban J connectivity index is 1.51. The Hall–Kier alpha value is -3.22. The number of nitrogens with one attached hydrogen (secondary N) is 1. The molecule has 8 heteroatoms. The third-order valence-corrected chi connectivity index (χ3v) is 4.55. The van der Waals surface area contributed by atoms with Crippen molar-refractivity contribution >= 4 is 35.3 Å². The van der Waals surface area contributed by atoms with Crippen LogP contribution in [-0.2, 0) is 11.4 Å². The van der Waals surface area contributed by atoms with Gasteiger partial charge in [-0.2, -0.15) is 5.10 Å². The van der Waals surface area contributed by atoms with Crippen molar-refractivity contribution in [3.05, 3.63) is 87.9 Å². The number of hydrogen-bond donors (Lipinski definition) is 1. The lowest BCUT2D eigenvalue weighted by Crippen LogP contribution is -2.24. The van der Waals surface area contributed by atoms with Crippen molar-refractivity contribution in [3.63, 3.8) is 0 Å². The van der Waals surface area contributed by atoms with Gasteiger partial charge >= 0.3 is 0 Å². The van der Waals surface area contributed by atoms with Gasteiger partial charge in [0.05, 0.1) is 13.3 Å². The predicted octanol–water partition coefficient (Wildman–Crippen LogP) is 5.11. The standard InChI is InChI=1S/C23H20Cl2N2O4/c1-29-22-11-17(7-10-21(22)31-14-16-5-8-18(24)9-6-16)13-26-27-23(28)15-30-20-4-2-3-19(25)12-20/h2-13H,14-15H2,1H3,(H,27,28)/b26-13-. The summed E-state index contributed by atoms with van der Waals surface area (Å²) in [6.45, 7) is 0.197. The zero-order valence-corrected chi connectivity index (χ0v) is 18.2. The van der Waals surface area contributed by atoms with Gasteiger partial charge in [-0.1, -0.05) is 41.4 Å². The second kappa shape index (κ2) is 11.2. The fourth-order valence-corrected chi connectivity index (χ4v) is 2.85. The molecule has 1 N–H and O–H groups in total. The highest BCUT2D eigenvalue weighted by molar-refractivity contribution is 6.30. The van der Waals surface area contributed by atoms with Crippen molar-refractivity contribution in [1.29, 1.82) is 0 Å². The predicted molar refractivity (Wildman–Crippen MR) is 121 cm³/mol. The molecule has 0 radical (unpaired) electrons. The first-order valence-corrected chi connectivity index (χ1v) is 10.0. The smallest absolute Gasteiger partial charge is 0.277 e. The van der Waals surface area contributed by atoms with Gasteiger partial charge in [-0.05, 0) is 59.7 Å². The van der Waals surface area contributed by atoms with E-state index in [1.54, 1.807) is 49.6 Å². The number of methoxy groups -OCH3 is 1. The van der Waals surface area contributed by atoms with E-state index in [2.05, 4.69) is 10.5 Å². The molecule has 3 aromatic carbocycles. The van der Waals surface area contributed by atoms with E-state index in [9.17, 15) is 4.79 Å². The minimum atomic E-state index is -0.397. The molecule has 0 unspecified atom stereocenters. The minimum Gasteiger partial charge on any atom is -0.493 e. The topological polar surface area (TPSA) is 69.2 Å². The molecule has 0 saturated carbocycles. The number of rotatable bonds is 9. The molecule has 0 fully saturated rings. The summed E-state index contributed by atoms with van der Waals surface area (Å²) in [6.07, 6.45) is 1.50. The molecule has 31 heavy (non-hydrogen) atoms. The Morgan fingerprint density at radius 1 is 0.968 bits per heavy atom. The molecule has 0 bridgehead atoms. The van der Waals surface area contributed by atoms with Gasteiger partial charge in [0.25, 0.3) is 5.91 Å². The summed E-state index contributed by atoms with van der Waals surface area (Å²) in [7, 11) is 1.56. The van der Waals surface area contributed by atoms with Gasteiger partial charge in [-0.3, -0.25) is 4.79 Å². The van der Waals surface area contributed by atoms with Gasteiger partial charge in [0.2, 0.25) is 0 Å². The van der Waals surface area contributed by atoms with Crippen molar-refractivity contribution < 1.29 is 19.0 Å². The van der Waals surface area contributed by atoms with E-state index in [1.165, 1.54) is 6.21 Å². The van der Waals surface area contributed by atoms with E-state index in [-0.39, 0.29) is 6.61 Å². The van der Waals surface area contributed by atoms with Crippen molar-refractivity contribution in [2.45, 2.75) is 6.61 Å². The van der Waals surface area contributed by atoms with E-state index in [1.807, 2.05) is 24.3 Å². The number of nitrogens with zero attached hydrogens (tertiary/aromatic N) is 1. The fourth-order valence-electron chi connectivity index (χ4n) is 2.54. The maximum absolute atomic E-state index is 11.9. The van der Waals surface area contributed by atoms with Gasteiger partial charge < -0.3 is 14.2 Å². The van der Waals surface area contributed by atoms with Crippen molar-refractivity contribution in [2.24, 2.45) is 5.10 Å². The van der Waals surface area contributed by atoms with Gasteiger partial charge in [-0.15, -0.1) is 0 Å². The molecule has 0 saturated heterocycles. The van der Waals surface area contributed by atoms with Crippen molar-refractivity contribution in [2.75, 3.05) is 13.7 Å². The number of hydrogen-bond acceptors (Lipinski definition) is 5. The largest absolute Gasteiger partial charge is 0.493 e. The molecule has 0 atom stereocenters. The fraction of sp³-hybridized carbons (Fsp3) is 0.130. The minimum absolute atomic E-state index is 0.182. The first-order valence-electron chi connectivity index (χ1n) is 9.29. The number of hydrazone groups is 1. The third kappa shape index (κ3) is 7.20.